The summed E-state index contributed by atoms with van der Waals surface area (Å²) in [6.45, 7) is 10.7. The Bertz CT molecular complexity index is 836. The molecule has 0 radical (unpaired) electrons. The van der Waals surface area contributed by atoms with Crippen LogP contribution in [-0.4, -0.2) is 12.5 Å². The fourth-order valence-electron chi connectivity index (χ4n) is 8.93. The zero-order valence-corrected chi connectivity index (χ0v) is 17.1. The summed E-state index contributed by atoms with van der Waals surface area (Å²) >= 11 is 0. The van der Waals surface area contributed by atoms with Crippen molar-refractivity contribution in [2.75, 3.05) is 0 Å². The third kappa shape index (κ3) is 1.77. The molecule has 3 saturated heterocycles. The summed E-state index contributed by atoms with van der Waals surface area (Å²) in [5, 5.41) is 0. The van der Waals surface area contributed by atoms with Crippen molar-refractivity contribution in [3.63, 3.8) is 0 Å². The fourth-order valence-corrected chi connectivity index (χ4v) is 8.93. The Morgan fingerprint density at radius 2 is 1.63 bits per heavy atom. The minimum absolute atomic E-state index is 0.118. The largest absolute Gasteiger partial charge is 0.298 e. The van der Waals surface area contributed by atoms with Crippen LogP contribution >= 0.6 is 0 Å². The summed E-state index contributed by atoms with van der Waals surface area (Å²) < 4.78 is 0. The standard InChI is InChI=1S/C25H31BO/c1-24(2)16-10-5-8-14-20(16)26-21-15(23(14)27)9-6-11-17(21)25(3,4)19-13-7-12-18(24)22(19)26/h5-10,12,14-15,17-22H,11,13H2,1-4H3/t14?,15?,17-,18?,19+,20?,21?,22?/m1/s1. The van der Waals surface area contributed by atoms with Crippen LogP contribution in [0.1, 0.15) is 40.5 Å². The Kier molecular flexibility index (Phi) is 3.08. The van der Waals surface area contributed by atoms with Gasteiger partial charge in [-0.2, -0.15) is 0 Å². The molecule has 3 fully saturated rings. The van der Waals surface area contributed by atoms with Gasteiger partial charge in [-0.1, -0.05) is 81.6 Å². The van der Waals surface area contributed by atoms with Gasteiger partial charge in [0.15, 0.2) is 6.71 Å². The van der Waals surface area contributed by atoms with E-state index in [1.807, 2.05) is 0 Å². The van der Waals surface area contributed by atoms with E-state index in [0.29, 0.717) is 41.4 Å². The van der Waals surface area contributed by atoms with Crippen LogP contribution in [-0.2, 0) is 4.79 Å². The zero-order chi connectivity index (χ0) is 18.7. The highest BCUT2D eigenvalue weighted by Gasteiger charge is 2.69. The molecular formula is C25H31BO. The maximum Gasteiger partial charge on any atom is 0.157 e. The summed E-state index contributed by atoms with van der Waals surface area (Å²) in [7, 11) is 0. The third-order valence-corrected chi connectivity index (χ3v) is 10.0. The lowest BCUT2D eigenvalue weighted by Crippen LogP contribution is -2.66. The lowest BCUT2D eigenvalue weighted by molar-refractivity contribution is -0.127. The van der Waals surface area contributed by atoms with Gasteiger partial charge in [0.2, 0.25) is 0 Å². The van der Waals surface area contributed by atoms with Crippen LogP contribution in [0, 0.1) is 40.4 Å². The number of Topliss-reactive ketones (excluding diaryl/α,β-unsaturated/α-hetero) is 1. The Morgan fingerprint density at radius 3 is 2.41 bits per heavy atom. The molecule has 0 saturated carbocycles. The van der Waals surface area contributed by atoms with E-state index in [4.69, 9.17) is 0 Å². The number of ketones is 1. The van der Waals surface area contributed by atoms with Gasteiger partial charge in [-0.25, -0.2) is 0 Å². The van der Waals surface area contributed by atoms with Crippen molar-refractivity contribution < 1.29 is 4.79 Å². The van der Waals surface area contributed by atoms with E-state index >= 15 is 0 Å². The third-order valence-electron chi connectivity index (χ3n) is 10.0. The van der Waals surface area contributed by atoms with Crippen LogP contribution in [0.5, 0.6) is 0 Å². The van der Waals surface area contributed by atoms with Gasteiger partial charge in [0.05, 0.1) is 0 Å². The molecule has 3 aliphatic heterocycles. The van der Waals surface area contributed by atoms with Crippen LogP contribution in [0.2, 0.25) is 17.5 Å². The second-order valence-electron chi connectivity index (χ2n) is 11.3. The molecule has 0 amide bonds. The van der Waals surface area contributed by atoms with Gasteiger partial charge in [-0.15, -0.1) is 0 Å². The van der Waals surface area contributed by atoms with Crippen LogP contribution < -0.4 is 0 Å². The van der Waals surface area contributed by atoms with Gasteiger partial charge >= 0.3 is 0 Å². The smallest absolute Gasteiger partial charge is 0.157 e. The Hall–Kier alpha value is -1.31. The fraction of sp³-hybridized carbons (Fsp3) is 0.640. The van der Waals surface area contributed by atoms with E-state index in [9.17, 15) is 4.79 Å². The van der Waals surface area contributed by atoms with E-state index in [-0.39, 0.29) is 17.3 Å². The number of allylic oxidation sites excluding steroid dienone is 8. The molecule has 8 atom stereocenters. The van der Waals surface area contributed by atoms with Gasteiger partial charge in [-0.05, 0) is 53.1 Å². The van der Waals surface area contributed by atoms with E-state index in [1.165, 1.54) is 12.8 Å². The molecule has 140 valence electrons. The molecule has 3 aliphatic carbocycles. The highest BCUT2D eigenvalue weighted by Crippen LogP contribution is 2.74. The summed E-state index contributed by atoms with van der Waals surface area (Å²) in [5.41, 5.74) is 2.04. The molecule has 0 aromatic heterocycles. The maximum absolute atomic E-state index is 13.6. The van der Waals surface area contributed by atoms with Crippen molar-refractivity contribution in [2.45, 2.75) is 58.0 Å². The number of rotatable bonds is 0. The van der Waals surface area contributed by atoms with Gasteiger partial charge in [0.25, 0.3) is 0 Å². The van der Waals surface area contributed by atoms with Crippen LogP contribution in [0.4, 0.5) is 0 Å². The molecule has 0 aromatic rings. The first-order chi connectivity index (χ1) is 12.8. The molecule has 2 heteroatoms. The van der Waals surface area contributed by atoms with Crippen LogP contribution in [0.15, 0.2) is 48.1 Å². The van der Waals surface area contributed by atoms with Crippen molar-refractivity contribution >= 4 is 12.5 Å². The summed E-state index contributed by atoms with van der Waals surface area (Å²) in [6.07, 6.45) is 18.9. The lowest BCUT2D eigenvalue weighted by atomic mass is 9.09. The van der Waals surface area contributed by atoms with Crippen molar-refractivity contribution in [3.05, 3.63) is 48.1 Å². The highest BCUT2D eigenvalue weighted by molar-refractivity contribution is 6.67. The average Bonchev–Trinajstić information content (AvgIpc) is 2.66. The minimum Gasteiger partial charge on any atom is -0.298 e. The Morgan fingerprint density at radius 1 is 0.926 bits per heavy atom. The summed E-state index contributed by atoms with van der Waals surface area (Å²) in [6, 6.07) is 0. The number of carbonyl (C=O) groups excluding carboxylic acids is 1. The molecule has 3 heterocycles. The zero-order valence-electron chi connectivity index (χ0n) is 17.1. The van der Waals surface area contributed by atoms with Crippen molar-refractivity contribution in [1.29, 1.82) is 0 Å². The molecular weight excluding hydrogens is 327 g/mol. The molecule has 6 rings (SSSR count). The summed E-state index contributed by atoms with van der Waals surface area (Å²) in [4.78, 5) is 13.6. The SMILES string of the molecule is CC1(C)C2=CC=CC3C(=O)C4C=CC[C@@H]5C4B(C23)C2C1C=CC[C@@H]2C5(C)C. The second kappa shape index (κ2) is 4.99. The normalized spacial score (nSPS) is 49.6. The van der Waals surface area contributed by atoms with Crippen LogP contribution in [0.3, 0.4) is 0 Å². The molecule has 1 nitrogen and oxygen atoms in total. The van der Waals surface area contributed by atoms with Crippen molar-refractivity contribution in [1.82, 2.24) is 0 Å². The quantitative estimate of drug-likeness (QED) is 0.398. The minimum atomic E-state index is 0.118. The van der Waals surface area contributed by atoms with Crippen LogP contribution in [0.25, 0.3) is 0 Å². The average molecular weight is 358 g/mol. The van der Waals surface area contributed by atoms with E-state index in [1.54, 1.807) is 5.57 Å². The van der Waals surface area contributed by atoms with Gasteiger partial charge in [0, 0.05) is 11.8 Å². The highest BCUT2D eigenvalue weighted by atomic mass is 16.1. The lowest BCUT2D eigenvalue weighted by Gasteiger charge is -2.69. The molecule has 6 aliphatic rings. The second-order valence-corrected chi connectivity index (χ2v) is 11.3. The Balaban J connectivity index is 1.64. The number of hydrogen-bond donors (Lipinski definition) is 0. The molecule has 0 N–H and O–H groups in total. The van der Waals surface area contributed by atoms with Gasteiger partial charge < -0.3 is 0 Å². The predicted octanol–water partition coefficient (Wildman–Crippen LogP) is 5.75. The molecule has 0 aromatic carbocycles. The first kappa shape index (κ1) is 16.6. The maximum atomic E-state index is 13.6. The first-order valence-electron chi connectivity index (χ1n) is 11.1. The van der Waals surface area contributed by atoms with Crippen molar-refractivity contribution in [3.8, 4) is 0 Å². The monoisotopic (exact) mass is 358 g/mol. The van der Waals surface area contributed by atoms with E-state index in [2.05, 4.69) is 70.2 Å². The molecule has 27 heavy (non-hydrogen) atoms. The van der Waals surface area contributed by atoms with E-state index in [0.717, 1.165) is 11.7 Å². The van der Waals surface area contributed by atoms with Gasteiger partial charge in [0.1, 0.15) is 5.78 Å². The molecule has 0 spiro atoms. The Labute approximate surface area is 164 Å². The topological polar surface area (TPSA) is 17.1 Å². The summed E-state index contributed by atoms with van der Waals surface area (Å²) in [5.74, 6) is 4.57. The van der Waals surface area contributed by atoms with E-state index < -0.39 is 0 Å². The first-order valence-corrected chi connectivity index (χ1v) is 11.1. The number of carbonyl (C=O) groups is 1. The number of hydrogen-bond acceptors (Lipinski definition) is 1. The molecule has 0 bridgehead atoms. The molecule has 6 unspecified atom stereocenters. The van der Waals surface area contributed by atoms with Gasteiger partial charge in [-0.3, -0.25) is 4.79 Å². The predicted molar refractivity (Wildman–Crippen MR) is 112 cm³/mol. The van der Waals surface area contributed by atoms with Crippen molar-refractivity contribution in [2.24, 2.45) is 40.4 Å².